The molecule has 0 heterocycles. The minimum atomic E-state index is -0.932. The Bertz CT molecular complexity index is 903. The van der Waals surface area contributed by atoms with Crippen molar-refractivity contribution in [3.63, 3.8) is 0 Å². The molecule has 4 heteroatoms. The monoisotopic (exact) mass is 374 g/mol. The lowest BCUT2D eigenvalue weighted by molar-refractivity contribution is 0.0698. The summed E-state index contributed by atoms with van der Waals surface area (Å²) in [6.45, 7) is 3.03. The van der Waals surface area contributed by atoms with E-state index in [1.54, 1.807) is 18.2 Å². The summed E-state index contributed by atoms with van der Waals surface area (Å²) in [6.07, 6.45) is 3.16. The lowest BCUT2D eigenvalue weighted by atomic mass is 10.0. The lowest BCUT2D eigenvalue weighted by Gasteiger charge is -2.10. The van der Waals surface area contributed by atoms with Crippen LogP contribution in [0.3, 0.4) is 0 Å². The Balaban J connectivity index is 1.53. The van der Waals surface area contributed by atoms with Gasteiger partial charge in [0, 0.05) is 17.9 Å². The first-order valence-electron chi connectivity index (χ1n) is 9.67. The fraction of sp³-hybridized carbons (Fsp3) is 0.208. The van der Waals surface area contributed by atoms with Gasteiger partial charge in [0.1, 0.15) is 0 Å². The largest absolute Gasteiger partial charge is 0.478 e. The zero-order valence-corrected chi connectivity index (χ0v) is 16.1. The molecule has 0 aliphatic heterocycles. The molecule has 0 spiro atoms. The number of para-hydroxylation sites is 1. The van der Waals surface area contributed by atoms with E-state index in [9.17, 15) is 9.90 Å². The Hall–Kier alpha value is -3.27. The summed E-state index contributed by atoms with van der Waals surface area (Å²) in [5, 5.41) is 15.8. The molecule has 0 atom stereocenters. The highest BCUT2D eigenvalue weighted by Gasteiger charge is 2.08. The van der Waals surface area contributed by atoms with E-state index in [0.29, 0.717) is 5.69 Å². The Morgan fingerprint density at radius 2 is 1.39 bits per heavy atom. The molecule has 0 bridgehead atoms. The minimum absolute atomic E-state index is 0.270. The van der Waals surface area contributed by atoms with Crippen molar-refractivity contribution in [3.8, 4) is 0 Å². The molecule has 4 nitrogen and oxygen atoms in total. The van der Waals surface area contributed by atoms with Gasteiger partial charge in [-0.3, -0.25) is 0 Å². The van der Waals surface area contributed by atoms with Crippen molar-refractivity contribution in [2.75, 3.05) is 17.2 Å². The molecule has 0 saturated heterocycles. The second-order valence-corrected chi connectivity index (χ2v) is 6.75. The van der Waals surface area contributed by atoms with Gasteiger partial charge in [0.25, 0.3) is 0 Å². The molecule has 28 heavy (non-hydrogen) atoms. The normalized spacial score (nSPS) is 10.5. The van der Waals surface area contributed by atoms with E-state index in [4.69, 9.17) is 0 Å². The van der Waals surface area contributed by atoms with E-state index in [1.807, 2.05) is 18.2 Å². The van der Waals surface area contributed by atoms with Crippen molar-refractivity contribution >= 4 is 23.0 Å². The van der Waals surface area contributed by atoms with Crippen LogP contribution in [0.1, 0.15) is 34.8 Å². The fourth-order valence-electron chi connectivity index (χ4n) is 3.18. The Labute approximate surface area is 166 Å². The molecular weight excluding hydrogens is 348 g/mol. The molecule has 144 valence electrons. The number of aromatic carboxylic acids is 1. The van der Waals surface area contributed by atoms with Gasteiger partial charge in [0.05, 0.1) is 11.3 Å². The van der Waals surface area contributed by atoms with Gasteiger partial charge >= 0.3 is 5.97 Å². The Morgan fingerprint density at radius 3 is 1.96 bits per heavy atom. The third kappa shape index (κ3) is 5.36. The van der Waals surface area contributed by atoms with Gasteiger partial charge in [-0.25, -0.2) is 4.79 Å². The van der Waals surface area contributed by atoms with Gasteiger partial charge in [0.15, 0.2) is 0 Å². The number of carboxylic acids is 1. The van der Waals surface area contributed by atoms with E-state index in [-0.39, 0.29) is 5.56 Å². The van der Waals surface area contributed by atoms with Crippen molar-refractivity contribution in [3.05, 3.63) is 89.5 Å². The van der Waals surface area contributed by atoms with Crippen LogP contribution >= 0.6 is 0 Å². The van der Waals surface area contributed by atoms with E-state index in [2.05, 4.69) is 54.0 Å². The Morgan fingerprint density at radius 1 is 0.821 bits per heavy atom. The maximum atomic E-state index is 11.3. The zero-order valence-electron chi connectivity index (χ0n) is 16.1. The van der Waals surface area contributed by atoms with E-state index in [0.717, 1.165) is 31.5 Å². The minimum Gasteiger partial charge on any atom is -0.478 e. The topological polar surface area (TPSA) is 61.4 Å². The molecule has 0 saturated carbocycles. The number of hydrogen-bond acceptors (Lipinski definition) is 3. The average Bonchev–Trinajstić information content (AvgIpc) is 2.71. The molecule has 0 unspecified atom stereocenters. The van der Waals surface area contributed by atoms with Gasteiger partial charge in [-0.05, 0) is 73.7 Å². The van der Waals surface area contributed by atoms with Crippen LogP contribution in [0.15, 0.2) is 72.8 Å². The number of carbonyl (C=O) groups is 1. The third-order valence-corrected chi connectivity index (χ3v) is 4.66. The van der Waals surface area contributed by atoms with Crippen LogP contribution < -0.4 is 10.6 Å². The molecule has 3 rings (SSSR count). The summed E-state index contributed by atoms with van der Waals surface area (Å²) < 4.78 is 0. The first-order valence-corrected chi connectivity index (χ1v) is 9.67. The number of aryl methyl sites for hydroxylation is 2. The van der Waals surface area contributed by atoms with Gasteiger partial charge in [-0.1, -0.05) is 36.4 Å². The molecule has 3 N–H and O–H groups in total. The van der Waals surface area contributed by atoms with Gasteiger partial charge in [-0.15, -0.1) is 0 Å². The highest BCUT2D eigenvalue weighted by molar-refractivity contribution is 5.95. The van der Waals surface area contributed by atoms with Crippen molar-refractivity contribution in [1.82, 2.24) is 0 Å². The molecule has 0 radical (unpaired) electrons. The summed E-state index contributed by atoms with van der Waals surface area (Å²) in [5.74, 6) is -0.932. The molecule has 0 aliphatic rings. The second-order valence-electron chi connectivity index (χ2n) is 6.75. The number of anilines is 3. The number of hydrogen-bond donors (Lipinski definition) is 3. The van der Waals surface area contributed by atoms with Gasteiger partial charge in [-0.2, -0.15) is 0 Å². The second kappa shape index (κ2) is 9.60. The molecule has 3 aromatic rings. The highest BCUT2D eigenvalue weighted by atomic mass is 16.4. The summed E-state index contributed by atoms with van der Waals surface area (Å²) in [6, 6.07) is 23.8. The van der Waals surface area contributed by atoms with Crippen molar-refractivity contribution in [2.45, 2.75) is 26.2 Å². The maximum Gasteiger partial charge on any atom is 0.337 e. The van der Waals surface area contributed by atoms with Crippen molar-refractivity contribution < 1.29 is 9.90 Å². The average molecular weight is 374 g/mol. The number of carboxylic acid groups (broad SMARTS) is 1. The van der Waals surface area contributed by atoms with Crippen LogP contribution in [-0.2, 0) is 12.8 Å². The van der Waals surface area contributed by atoms with Crippen LogP contribution in [-0.4, -0.2) is 17.6 Å². The van der Waals surface area contributed by atoms with Gasteiger partial charge < -0.3 is 15.7 Å². The first-order chi connectivity index (χ1) is 13.7. The SMILES string of the molecule is CCNc1ccc(CCCc2ccc(Nc3ccccc3C(=O)O)cc2)cc1. The third-order valence-electron chi connectivity index (χ3n) is 4.66. The van der Waals surface area contributed by atoms with Crippen molar-refractivity contribution in [1.29, 1.82) is 0 Å². The Kier molecular flexibility index (Phi) is 6.68. The smallest absolute Gasteiger partial charge is 0.337 e. The van der Waals surface area contributed by atoms with Crippen molar-refractivity contribution in [2.24, 2.45) is 0 Å². The lowest BCUT2D eigenvalue weighted by Crippen LogP contribution is -2.02. The zero-order chi connectivity index (χ0) is 19.8. The van der Waals surface area contributed by atoms with Crippen LogP contribution in [0.5, 0.6) is 0 Å². The quantitative estimate of drug-likeness (QED) is 0.447. The number of benzene rings is 3. The fourth-order valence-corrected chi connectivity index (χ4v) is 3.18. The number of rotatable bonds is 9. The summed E-state index contributed by atoms with van der Waals surface area (Å²) in [7, 11) is 0. The summed E-state index contributed by atoms with van der Waals surface area (Å²) >= 11 is 0. The molecule has 0 aliphatic carbocycles. The molecule has 0 aromatic heterocycles. The van der Waals surface area contributed by atoms with Crippen LogP contribution in [0.25, 0.3) is 0 Å². The predicted octanol–water partition coefficient (Wildman–Crippen LogP) is 5.74. The molecule has 3 aromatic carbocycles. The molecular formula is C24H26N2O2. The predicted molar refractivity (Wildman–Crippen MR) is 116 cm³/mol. The maximum absolute atomic E-state index is 11.3. The standard InChI is InChI=1S/C24H26N2O2/c1-2-25-20-14-10-18(11-15-20)6-5-7-19-12-16-21(17-13-19)26-23-9-4-3-8-22(23)24(27)28/h3-4,8-17,25-26H,2,5-7H2,1H3,(H,27,28). The highest BCUT2D eigenvalue weighted by Crippen LogP contribution is 2.22. The summed E-state index contributed by atoms with van der Waals surface area (Å²) in [5.41, 5.74) is 5.55. The number of nitrogens with one attached hydrogen (secondary N) is 2. The molecule has 0 fully saturated rings. The first kappa shape index (κ1) is 19.5. The van der Waals surface area contributed by atoms with E-state index < -0.39 is 5.97 Å². The van der Waals surface area contributed by atoms with E-state index in [1.165, 1.54) is 16.8 Å². The van der Waals surface area contributed by atoms with E-state index >= 15 is 0 Å². The van der Waals surface area contributed by atoms with Crippen LogP contribution in [0, 0.1) is 0 Å². The van der Waals surface area contributed by atoms with Gasteiger partial charge in [0.2, 0.25) is 0 Å². The summed E-state index contributed by atoms with van der Waals surface area (Å²) in [4.78, 5) is 11.3. The molecule has 0 amide bonds. The van der Waals surface area contributed by atoms with Crippen LogP contribution in [0.4, 0.5) is 17.1 Å². The van der Waals surface area contributed by atoms with Crippen LogP contribution in [0.2, 0.25) is 0 Å².